The van der Waals surface area contributed by atoms with E-state index in [1.54, 1.807) is 18.2 Å². The zero-order valence-electron chi connectivity index (χ0n) is 14.7. The molecular weight excluding hydrogens is 468 g/mol. The van der Waals surface area contributed by atoms with Crippen LogP contribution in [-0.4, -0.2) is 23.6 Å². The van der Waals surface area contributed by atoms with Crippen molar-refractivity contribution in [1.29, 1.82) is 0 Å². The number of alkyl halides is 6. The maximum absolute atomic E-state index is 13.9. The monoisotopic (exact) mass is 479 g/mol. The van der Waals surface area contributed by atoms with Gasteiger partial charge < -0.3 is 9.30 Å². The summed E-state index contributed by atoms with van der Waals surface area (Å²) in [7, 11) is 1.21. The first kappa shape index (κ1) is 21.2. The molecule has 2 aromatic carbocycles. The Morgan fingerprint density at radius 3 is 2.21 bits per heavy atom. The van der Waals surface area contributed by atoms with Crippen LogP contribution < -0.4 is 4.74 Å². The number of aromatic nitrogens is 1. The number of benzene rings is 2. The number of halogens is 7. The molecule has 29 heavy (non-hydrogen) atoms. The molecule has 0 aliphatic rings. The summed E-state index contributed by atoms with van der Waals surface area (Å²) in [5.74, 6) is -2.56. The van der Waals surface area contributed by atoms with Crippen LogP contribution >= 0.6 is 15.9 Å². The summed E-state index contributed by atoms with van der Waals surface area (Å²) in [6.45, 7) is -0.379. The lowest BCUT2D eigenvalue weighted by Gasteiger charge is -2.15. The van der Waals surface area contributed by atoms with Crippen LogP contribution in [0.15, 0.2) is 46.9 Å². The summed E-state index contributed by atoms with van der Waals surface area (Å²) in [6, 6.07) is 10.1. The van der Waals surface area contributed by atoms with Crippen molar-refractivity contribution in [3.63, 3.8) is 0 Å². The molecule has 0 saturated heterocycles. The first-order valence-corrected chi connectivity index (χ1v) is 8.86. The molecule has 1 aromatic heterocycles. The van der Waals surface area contributed by atoms with Gasteiger partial charge in [-0.25, -0.2) is 0 Å². The molecular formula is C19H12BrF6NO2. The summed E-state index contributed by atoms with van der Waals surface area (Å²) in [4.78, 5) is 12.0. The Hall–Kier alpha value is -2.49. The second-order valence-electron chi connectivity index (χ2n) is 6.12. The molecule has 0 unspecified atom stereocenters. The Bertz CT molecular complexity index is 1070. The number of hydrogen-bond acceptors (Lipinski definition) is 2. The van der Waals surface area contributed by atoms with E-state index in [0.717, 1.165) is 6.07 Å². The smallest absolute Gasteiger partial charge is 0.454 e. The quantitative estimate of drug-likeness (QED) is 0.328. The maximum atomic E-state index is 13.9. The van der Waals surface area contributed by atoms with E-state index in [1.165, 1.54) is 25.3 Å². The lowest BCUT2D eigenvalue weighted by atomic mass is 10.1. The second kappa shape index (κ2) is 7.40. The van der Waals surface area contributed by atoms with E-state index >= 15 is 0 Å². The fraction of sp³-hybridized carbons (Fsp3) is 0.211. The molecule has 0 aliphatic heterocycles. The Labute approximate surface area is 169 Å². The van der Waals surface area contributed by atoms with E-state index in [2.05, 4.69) is 15.9 Å². The number of rotatable bonds is 4. The minimum atomic E-state index is -5.48. The normalized spacial score (nSPS) is 12.4. The van der Waals surface area contributed by atoms with Gasteiger partial charge in [0.2, 0.25) is 0 Å². The van der Waals surface area contributed by atoms with Crippen molar-refractivity contribution in [3.8, 4) is 5.75 Å². The van der Waals surface area contributed by atoms with Gasteiger partial charge in [0.05, 0.1) is 22.7 Å². The highest BCUT2D eigenvalue weighted by molar-refractivity contribution is 9.10. The van der Waals surface area contributed by atoms with Gasteiger partial charge in [-0.05, 0) is 33.6 Å². The lowest BCUT2D eigenvalue weighted by molar-refractivity contribution is -0.144. The van der Waals surface area contributed by atoms with E-state index < -0.39 is 34.8 Å². The van der Waals surface area contributed by atoms with Crippen LogP contribution in [-0.2, 0) is 12.7 Å². The first-order valence-electron chi connectivity index (χ1n) is 8.07. The van der Waals surface area contributed by atoms with Gasteiger partial charge in [-0.1, -0.05) is 30.3 Å². The average Bonchev–Trinajstić information content (AvgIpc) is 2.93. The van der Waals surface area contributed by atoms with Crippen LogP contribution in [0.25, 0.3) is 10.9 Å². The topological polar surface area (TPSA) is 31.2 Å². The number of Topliss-reactive ketones (excluding diaryl/α,β-unsaturated/α-hetero) is 1. The number of ketones is 1. The van der Waals surface area contributed by atoms with Gasteiger partial charge in [0, 0.05) is 11.9 Å². The van der Waals surface area contributed by atoms with E-state index in [9.17, 15) is 31.1 Å². The highest BCUT2D eigenvalue weighted by Crippen LogP contribution is 2.43. The largest absolute Gasteiger partial charge is 0.496 e. The minimum Gasteiger partial charge on any atom is -0.496 e. The summed E-state index contributed by atoms with van der Waals surface area (Å²) < 4.78 is 87.1. The Morgan fingerprint density at radius 1 is 1.07 bits per heavy atom. The van der Waals surface area contributed by atoms with Crippen LogP contribution in [0.1, 0.15) is 21.6 Å². The maximum Gasteiger partial charge on any atom is 0.454 e. The predicted molar refractivity (Wildman–Crippen MR) is 97.1 cm³/mol. The highest BCUT2D eigenvalue weighted by atomic mass is 79.9. The summed E-state index contributed by atoms with van der Waals surface area (Å²) in [6.07, 6.45) is -10.7. The molecule has 0 atom stereocenters. The van der Waals surface area contributed by atoms with E-state index in [4.69, 9.17) is 4.74 Å². The molecule has 0 spiro atoms. The molecule has 0 fully saturated rings. The van der Waals surface area contributed by atoms with Crippen molar-refractivity contribution in [2.45, 2.75) is 18.9 Å². The fourth-order valence-electron chi connectivity index (χ4n) is 3.10. The molecule has 3 nitrogen and oxygen atoms in total. The molecule has 0 saturated carbocycles. The van der Waals surface area contributed by atoms with E-state index in [-0.39, 0.29) is 22.3 Å². The molecule has 0 N–H and O–H groups in total. The third kappa shape index (κ3) is 3.98. The number of fused-ring (bicyclic) bond motifs is 1. The summed E-state index contributed by atoms with van der Waals surface area (Å²) in [5, 5.41) is -0.490. The van der Waals surface area contributed by atoms with Crippen molar-refractivity contribution in [1.82, 2.24) is 4.57 Å². The Kier molecular flexibility index (Phi) is 5.42. The lowest BCUT2D eigenvalue weighted by Crippen LogP contribution is -2.26. The van der Waals surface area contributed by atoms with Gasteiger partial charge in [0.15, 0.2) is 0 Å². The molecule has 0 radical (unpaired) electrons. The Balaban J connectivity index is 2.44. The van der Waals surface area contributed by atoms with Gasteiger partial charge >= 0.3 is 12.4 Å². The zero-order chi connectivity index (χ0) is 21.6. The molecule has 10 heteroatoms. The third-order valence-corrected chi connectivity index (χ3v) is 4.89. The average molecular weight is 480 g/mol. The number of carbonyl (C=O) groups is 1. The number of methoxy groups -OCH3 is 1. The molecule has 3 rings (SSSR count). The van der Waals surface area contributed by atoms with Gasteiger partial charge in [-0.15, -0.1) is 0 Å². The molecule has 0 amide bonds. The summed E-state index contributed by atoms with van der Waals surface area (Å²) in [5.41, 5.74) is -2.85. The van der Waals surface area contributed by atoms with Gasteiger partial charge in [-0.3, -0.25) is 4.79 Å². The fourth-order valence-corrected chi connectivity index (χ4v) is 3.60. The van der Waals surface area contributed by atoms with E-state index in [1.807, 2.05) is 0 Å². The SMILES string of the molecule is COc1cc2c(C(=O)C(F)(F)F)c(C(F)(F)F)n(Cc3ccccc3)c2cc1Br. The molecule has 1 heterocycles. The van der Waals surface area contributed by atoms with Crippen molar-refractivity contribution in [2.24, 2.45) is 0 Å². The Morgan fingerprint density at radius 2 is 1.69 bits per heavy atom. The zero-order valence-corrected chi connectivity index (χ0v) is 16.2. The van der Waals surface area contributed by atoms with E-state index in [0.29, 0.717) is 10.1 Å². The third-order valence-electron chi connectivity index (χ3n) is 4.27. The first-order chi connectivity index (χ1) is 13.4. The highest BCUT2D eigenvalue weighted by Gasteiger charge is 2.48. The molecule has 3 aromatic rings. The minimum absolute atomic E-state index is 0.000639. The number of hydrogen-bond donors (Lipinski definition) is 0. The van der Waals surface area contributed by atoms with Crippen LogP contribution in [0.2, 0.25) is 0 Å². The van der Waals surface area contributed by atoms with Crippen molar-refractivity contribution in [3.05, 3.63) is 63.8 Å². The van der Waals surface area contributed by atoms with Crippen molar-refractivity contribution < 1.29 is 35.9 Å². The number of carbonyl (C=O) groups excluding carboxylic acids is 1. The molecule has 154 valence electrons. The number of ether oxygens (including phenoxy) is 1. The number of nitrogens with zero attached hydrogens (tertiary/aromatic N) is 1. The van der Waals surface area contributed by atoms with Gasteiger partial charge in [-0.2, -0.15) is 26.3 Å². The molecule has 0 aliphatic carbocycles. The van der Waals surface area contributed by atoms with Crippen molar-refractivity contribution in [2.75, 3.05) is 7.11 Å². The standard InChI is InChI=1S/C19H12BrF6NO2/c1-29-14-7-11-13(8-12(14)20)27(9-10-5-3-2-4-6-10)16(18(21,22)23)15(11)17(28)19(24,25)26/h2-8H,9H2,1H3. The van der Waals surface area contributed by atoms with Crippen LogP contribution in [0.3, 0.4) is 0 Å². The van der Waals surface area contributed by atoms with Crippen LogP contribution in [0, 0.1) is 0 Å². The summed E-state index contributed by atoms with van der Waals surface area (Å²) >= 11 is 3.13. The van der Waals surface area contributed by atoms with Crippen LogP contribution in [0.4, 0.5) is 26.3 Å². The van der Waals surface area contributed by atoms with Crippen molar-refractivity contribution >= 4 is 32.6 Å². The molecule has 0 bridgehead atoms. The van der Waals surface area contributed by atoms with Gasteiger partial charge in [0.25, 0.3) is 5.78 Å². The van der Waals surface area contributed by atoms with Gasteiger partial charge in [0.1, 0.15) is 11.4 Å². The predicted octanol–water partition coefficient (Wildman–Crippen LogP) is 6.22. The van der Waals surface area contributed by atoms with Crippen LogP contribution in [0.5, 0.6) is 5.75 Å². The second-order valence-corrected chi connectivity index (χ2v) is 6.98.